The summed E-state index contributed by atoms with van der Waals surface area (Å²) in [6.45, 7) is 1.31. The van der Waals surface area contributed by atoms with Gasteiger partial charge in [0, 0.05) is 12.5 Å². The molecule has 1 N–H and O–H groups in total. The summed E-state index contributed by atoms with van der Waals surface area (Å²) in [5.74, 6) is -0.392. The Morgan fingerprint density at radius 1 is 1.53 bits per heavy atom. The van der Waals surface area contributed by atoms with Gasteiger partial charge in [0.1, 0.15) is 0 Å². The molecular formula is C9H12FNO2S2. The van der Waals surface area contributed by atoms with E-state index in [4.69, 9.17) is 0 Å². The summed E-state index contributed by atoms with van der Waals surface area (Å²) in [5.41, 5.74) is 1.11. The molecule has 1 aromatic rings. The SMILES string of the molecule is O=S(=O)(F)CC1CNCC1c1ccsc1. The van der Waals surface area contributed by atoms with Gasteiger partial charge >= 0.3 is 10.2 Å². The second-order valence-corrected chi connectivity index (χ2v) is 5.98. The Morgan fingerprint density at radius 3 is 2.93 bits per heavy atom. The van der Waals surface area contributed by atoms with Crippen LogP contribution in [0.4, 0.5) is 3.89 Å². The molecule has 6 heteroatoms. The fourth-order valence-electron chi connectivity index (χ4n) is 2.04. The molecule has 0 aliphatic carbocycles. The first-order chi connectivity index (χ1) is 7.06. The third-order valence-corrected chi connectivity index (χ3v) is 4.25. The van der Waals surface area contributed by atoms with E-state index in [2.05, 4.69) is 5.32 Å². The van der Waals surface area contributed by atoms with Crippen LogP contribution in [0.3, 0.4) is 0 Å². The zero-order chi connectivity index (χ0) is 10.9. The molecule has 1 saturated heterocycles. The highest BCUT2D eigenvalue weighted by atomic mass is 32.3. The lowest BCUT2D eigenvalue weighted by Crippen LogP contribution is -2.19. The van der Waals surface area contributed by atoms with E-state index >= 15 is 0 Å². The van der Waals surface area contributed by atoms with Crippen molar-refractivity contribution < 1.29 is 12.3 Å². The quantitative estimate of drug-likeness (QED) is 0.823. The van der Waals surface area contributed by atoms with E-state index < -0.39 is 10.2 Å². The number of nitrogens with one attached hydrogen (secondary N) is 1. The van der Waals surface area contributed by atoms with Crippen LogP contribution in [0.15, 0.2) is 16.8 Å². The van der Waals surface area contributed by atoms with Crippen molar-refractivity contribution in [2.75, 3.05) is 18.8 Å². The van der Waals surface area contributed by atoms with Crippen LogP contribution in [0.25, 0.3) is 0 Å². The lowest BCUT2D eigenvalue weighted by molar-refractivity contribution is 0.513. The normalized spacial score (nSPS) is 27.0. The summed E-state index contributed by atoms with van der Waals surface area (Å²) >= 11 is 1.58. The van der Waals surface area contributed by atoms with Gasteiger partial charge in [0.15, 0.2) is 0 Å². The van der Waals surface area contributed by atoms with Gasteiger partial charge < -0.3 is 5.32 Å². The Balaban J connectivity index is 2.12. The molecule has 0 spiro atoms. The first-order valence-corrected chi connectivity index (χ1v) is 7.21. The molecule has 1 aliphatic rings. The highest BCUT2D eigenvalue weighted by Crippen LogP contribution is 2.30. The van der Waals surface area contributed by atoms with Gasteiger partial charge in [0.2, 0.25) is 0 Å². The van der Waals surface area contributed by atoms with Crippen molar-refractivity contribution in [2.45, 2.75) is 5.92 Å². The molecule has 3 nitrogen and oxygen atoms in total. The van der Waals surface area contributed by atoms with E-state index in [0.717, 1.165) is 12.1 Å². The number of halogens is 1. The van der Waals surface area contributed by atoms with E-state index in [1.54, 1.807) is 11.3 Å². The number of hydrogen-bond donors (Lipinski definition) is 1. The molecule has 15 heavy (non-hydrogen) atoms. The summed E-state index contributed by atoms with van der Waals surface area (Å²) in [6, 6.07) is 1.97. The first-order valence-electron chi connectivity index (χ1n) is 4.71. The zero-order valence-corrected chi connectivity index (χ0v) is 9.65. The minimum Gasteiger partial charge on any atom is -0.316 e. The van der Waals surface area contributed by atoms with Crippen molar-refractivity contribution in [1.29, 1.82) is 0 Å². The van der Waals surface area contributed by atoms with E-state index in [1.807, 2.05) is 16.8 Å². The number of rotatable bonds is 3. The molecule has 1 aromatic heterocycles. The van der Waals surface area contributed by atoms with Crippen molar-refractivity contribution in [3.05, 3.63) is 22.4 Å². The van der Waals surface area contributed by atoms with E-state index in [0.29, 0.717) is 6.54 Å². The Morgan fingerprint density at radius 2 is 2.33 bits per heavy atom. The maximum absolute atomic E-state index is 12.6. The van der Waals surface area contributed by atoms with Gasteiger partial charge in [-0.3, -0.25) is 0 Å². The van der Waals surface area contributed by atoms with E-state index in [-0.39, 0.29) is 17.6 Å². The summed E-state index contributed by atoms with van der Waals surface area (Å²) in [4.78, 5) is 0. The van der Waals surface area contributed by atoms with E-state index in [9.17, 15) is 12.3 Å². The second kappa shape index (κ2) is 4.19. The molecule has 0 aromatic carbocycles. The molecule has 2 heterocycles. The number of hydrogen-bond acceptors (Lipinski definition) is 4. The molecule has 1 aliphatic heterocycles. The van der Waals surface area contributed by atoms with Crippen LogP contribution in [0.5, 0.6) is 0 Å². The first kappa shape index (κ1) is 11.0. The maximum atomic E-state index is 12.6. The molecule has 0 saturated carbocycles. The van der Waals surface area contributed by atoms with Crippen molar-refractivity contribution in [3.8, 4) is 0 Å². The lowest BCUT2D eigenvalue weighted by Gasteiger charge is -2.15. The summed E-state index contributed by atoms with van der Waals surface area (Å²) < 4.78 is 33.8. The van der Waals surface area contributed by atoms with Crippen LogP contribution < -0.4 is 5.32 Å². The van der Waals surface area contributed by atoms with Crippen LogP contribution in [0, 0.1) is 5.92 Å². The Labute approximate surface area is 92.5 Å². The summed E-state index contributed by atoms with van der Waals surface area (Å²) in [5, 5.41) is 7.06. The molecule has 0 amide bonds. The molecule has 1 fully saturated rings. The topological polar surface area (TPSA) is 46.2 Å². The predicted octanol–water partition coefficient (Wildman–Crippen LogP) is 1.35. The van der Waals surface area contributed by atoms with Gasteiger partial charge in [-0.15, -0.1) is 3.89 Å². The summed E-state index contributed by atoms with van der Waals surface area (Å²) in [6.07, 6.45) is 0. The van der Waals surface area contributed by atoms with Crippen molar-refractivity contribution in [1.82, 2.24) is 5.32 Å². The van der Waals surface area contributed by atoms with Crippen LogP contribution in [0.1, 0.15) is 11.5 Å². The smallest absolute Gasteiger partial charge is 0.302 e. The van der Waals surface area contributed by atoms with Crippen LogP contribution in [0.2, 0.25) is 0 Å². The molecule has 2 unspecified atom stereocenters. The van der Waals surface area contributed by atoms with Gasteiger partial charge in [-0.25, -0.2) is 0 Å². The molecular weight excluding hydrogens is 237 g/mol. The minimum absolute atomic E-state index is 0.127. The fraction of sp³-hybridized carbons (Fsp3) is 0.556. The van der Waals surface area contributed by atoms with Gasteiger partial charge in [-0.1, -0.05) is 0 Å². The predicted molar refractivity (Wildman–Crippen MR) is 58.3 cm³/mol. The average molecular weight is 249 g/mol. The van der Waals surface area contributed by atoms with Crippen LogP contribution in [-0.2, 0) is 10.2 Å². The van der Waals surface area contributed by atoms with Gasteiger partial charge in [-0.2, -0.15) is 19.8 Å². The van der Waals surface area contributed by atoms with Crippen LogP contribution in [-0.4, -0.2) is 27.3 Å². The molecule has 84 valence electrons. The maximum Gasteiger partial charge on any atom is 0.302 e. The Kier molecular flexibility index (Phi) is 3.08. The van der Waals surface area contributed by atoms with Crippen molar-refractivity contribution in [3.63, 3.8) is 0 Å². The summed E-state index contributed by atoms with van der Waals surface area (Å²) in [7, 11) is -4.37. The van der Waals surface area contributed by atoms with Gasteiger partial charge in [-0.05, 0) is 34.9 Å². The van der Waals surface area contributed by atoms with Crippen molar-refractivity contribution in [2.24, 2.45) is 5.92 Å². The monoisotopic (exact) mass is 249 g/mol. The fourth-order valence-corrected chi connectivity index (χ4v) is 3.63. The zero-order valence-electron chi connectivity index (χ0n) is 8.02. The number of thiophene rings is 1. The lowest BCUT2D eigenvalue weighted by atomic mass is 9.92. The van der Waals surface area contributed by atoms with Crippen LogP contribution >= 0.6 is 11.3 Å². The Bertz CT molecular complexity index is 415. The average Bonchev–Trinajstić information content (AvgIpc) is 2.68. The molecule has 0 bridgehead atoms. The highest BCUT2D eigenvalue weighted by molar-refractivity contribution is 7.86. The molecule has 0 radical (unpaired) electrons. The molecule has 2 rings (SSSR count). The Hall–Kier alpha value is -0.460. The van der Waals surface area contributed by atoms with Gasteiger partial charge in [0.05, 0.1) is 5.75 Å². The second-order valence-electron chi connectivity index (χ2n) is 3.79. The minimum atomic E-state index is -4.37. The van der Waals surface area contributed by atoms with Gasteiger partial charge in [0.25, 0.3) is 0 Å². The third-order valence-electron chi connectivity index (χ3n) is 2.72. The van der Waals surface area contributed by atoms with Crippen molar-refractivity contribution >= 4 is 21.6 Å². The standard InChI is InChI=1S/C9H12FNO2S2/c10-15(12,13)6-8-3-11-4-9(8)7-1-2-14-5-7/h1-2,5,8-9,11H,3-4,6H2. The molecule has 2 atom stereocenters. The highest BCUT2D eigenvalue weighted by Gasteiger charge is 2.32. The van der Waals surface area contributed by atoms with E-state index in [1.165, 1.54) is 0 Å². The third kappa shape index (κ3) is 2.76. The largest absolute Gasteiger partial charge is 0.316 e.